The number of amides is 1. The largest absolute Gasteiger partial charge is 0.346 e. The summed E-state index contributed by atoms with van der Waals surface area (Å²) in [5.74, 6) is -0.107. The van der Waals surface area contributed by atoms with Crippen molar-refractivity contribution in [3.63, 3.8) is 0 Å². The lowest BCUT2D eigenvalue weighted by molar-refractivity contribution is 0.0941. The van der Waals surface area contributed by atoms with Crippen molar-refractivity contribution in [2.45, 2.75) is 12.5 Å². The monoisotopic (exact) mass is 296 g/mol. The van der Waals surface area contributed by atoms with E-state index in [-0.39, 0.29) is 23.5 Å². The van der Waals surface area contributed by atoms with Gasteiger partial charge in [0.25, 0.3) is 5.91 Å². The van der Waals surface area contributed by atoms with Gasteiger partial charge in [0.1, 0.15) is 0 Å². The van der Waals surface area contributed by atoms with Gasteiger partial charge in [0.2, 0.25) is 0 Å². The lowest BCUT2D eigenvalue weighted by Gasteiger charge is -2.08. The average Bonchev–Trinajstić information content (AvgIpc) is 2.92. The summed E-state index contributed by atoms with van der Waals surface area (Å²) in [6, 6.07) is 7.23. The Morgan fingerprint density at radius 2 is 2.16 bits per heavy atom. The van der Waals surface area contributed by atoms with E-state index in [1.54, 1.807) is 0 Å². The number of nitrogens with one attached hydrogen (secondary N) is 1. The molecule has 1 amide bonds. The third-order valence-electron chi connectivity index (χ3n) is 3.06. The quantitative estimate of drug-likeness (QED) is 0.904. The zero-order valence-electron chi connectivity index (χ0n) is 10.00. The summed E-state index contributed by atoms with van der Waals surface area (Å²) in [4.78, 5) is 16.3. The molecule has 7 heteroatoms. The third kappa shape index (κ3) is 2.62. The first-order chi connectivity index (χ1) is 9.03. The summed E-state index contributed by atoms with van der Waals surface area (Å²) >= 11 is 1.32. The predicted molar refractivity (Wildman–Crippen MR) is 74.1 cm³/mol. The topological polar surface area (TPSA) is 76.1 Å². The van der Waals surface area contributed by atoms with Crippen molar-refractivity contribution in [1.29, 1.82) is 0 Å². The van der Waals surface area contributed by atoms with Crippen LogP contribution in [-0.4, -0.2) is 36.9 Å². The highest BCUT2D eigenvalue weighted by Crippen LogP contribution is 2.22. The maximum atomic E-state index is 12.0. The molecule has 2 aromatic rings. The molecule has 5 nitrogen and oxygen atoms in total. The van der Waals surface area contributed by atoms with Gasteiger partial charge in [-0.2, -0.15) is 0 Å². The molecule has 3 rings (SSSR count). The second-order valence-electron chi connectivity index (χ2n) is 4.56. The van der Waals surface area contributed by atoms with Crippen molar-refractivity contribution in [2.24, 2.45) is 0 Å². The van der Waals surface area contributed by atoms with E-state index in [0.29, 0.717) is 11.4 Å². The van der Waals surface area contributed by atoms with Gasteiger partial charge in [0.15, 0.2) is 14.8 Å². The van der Waals surface area contributed by atoms with Crippen molar-refractivity contribution >= 4 is 37.3 Å². The first-order valence-corrected chi connectivity index (χ1v) is 8.54. The fourth-order valence-corrected chi connectivity index (χ4v) is 4.67. The minimum Gasteiger partial charge on any atom is -0.346 e. The Kier molecular flexibility index (Phi) is 3.02. The van der Waals surface area contributed by atoms with E-state index < -0.39 is 9.84 Å². The van der Waals surface area contributed by atoms with E-state index in [0.717, 1.165) is 10.2 Å². The van der Waals surface area contributed by atoms with Gasteiger partial charge in [0.05, 0.1) is 21.7 Å². The number of hydrogen-bond acceptors (Lipinski definition) is 5. The lowest BCUT2D eigenvalue weighted by atomic mass is 10.2. The molecule has 2 heterocycles. The van der Waals surface area contributed by atoms with Gasteiger partial charge in [-0.3, -0.25) is 4.79 Å². The van der Waals surface area contributed by atoms with Crippen LogP contribution in [0.5, 0.6) is 0 Å². The summed E-state index contributed by atoms with van der Waals surface area (Å²) in [5, 5.41) is 3.12. The summed E-state index contributed by atoms with van der Waals surface area (Å²) in [5.41, 5.74) is 0.789. The Morgan fingerprint density at radius 1 is 1.37 bits per heavy atom. The van der Waals surface area contributed by atoms with Crippen LogP contribution in [0.4, 0.5) is 0 Å². The van der Waals surface area contributed by atoms with Crippen LogP contribution in [0.15, 0.2) is 24.3 Å². The lowest BCUT2D eigenvalue weighted by Crippen LogP contribution is -2.35. The van der Waals surface area contributed by atoms with Crippen LogP contribution in [0.3, 0.4) is 0 Å². The highest BCUT2D eigenvalue weighted by atomic mass is 32.2. The number of aromatic nitrogens is 1. The normalized spacial score (nSPS) is 21.6. The summed E-state index contributed by atoms with van der Waals surface area (Å²) in [6.45, 7) is 0. The first-order valence-electron chi connectivity index (χ1n) is 5.90. The van der Waals surface area contributed by atoms with Gasteiger partial charge >= 0.3 is 0 Å². The molecule has 1 aliphatic heterocycles. The smallest absolute Gasteiger partial charge is 0.280 e. The molecule has 19 heavy (non-hydrogen) atoms. The molecule has 0 saturated carbocycles. The Bertz CT molecular complexity index is 703. The molecule has 0 aliphatic carbocycles. The second kappa shape index (κ2) is 4.57. The number of thiazole rings is 1. The Hall–Kier alpha value is -1.47. The maximum absolute atomic E-state index is 12.0. The van der Waals surface area contributed by atoms with Crippen molar-refractivity contribution in [1.82, 2.24) is 10.3 Å². The molecule has 0 radical (unpaired) electrons. The Labute approximate surface area is 114 Å². The average molecular weight is 296 g/mol. The summed E-state index contributed by atoms with van der Waals surface area (Å²) in [6.07, 6.45) is 0.485. The molecule has 1 aliphatic rings. The van der Waals surface area contributed by atoms with E-state index in [2.05, 4.69) is 10.3 Å². The number of hydrogen-bond donors (Lipinski definition) is 1. The minimum absolute atomic E-state index is 0.0314. The van der Waals surface area contributed by atoms with Crippen molar-refractivity contribution < 1.29 is 13.2 Å². The molecule has 1 aromatic carbocycles. The number of nitrogens with zero attached hydrogens (tertiary/aromatic N) is 1. The zero-order chi connectivity index (χ0) is 13.5. The fourth-order valence-electron chi connectivity index (χ4n) is 2.13. The zero-order valence-corrected chi connectivity index (χ0v) is 11.6. The standard InChI is InChI=1S/C12H12N2O3S2/c15-11(13-8-5-6-19(16,17)7-8)12-14-9-3-1-2-4-10(9)18-12/h1-4,8H,5-7H2,(H,13,15). The molecular weight excluding hydrogens is 284 g/mol. The Morgan fingerprint density at radius 3 is 2.84 bits per heavy atom. The van der Waals surface area contributed by atoms with E-state index in [9.17, 15) is 13.2 Å². The predicted octanol–water partition coefficient (Wildman–Crippen LogP) is 1.21. The van der Waals surface area contributed by atoms with Gasteiger partial charge in [-0.15, -0.1) is 11.3 Å². The summed E-state index contributed by atoms with van der Waals surface area (Å²) < 4.78 is 23.6. The van der Waals surface area contributed by atoms with Crippen molar-refractivity contribution in [3.8, 4) is 0 Å². The SMILES string of the molecule is O=C(NC1CCS(=O)(=O)C1)c1nc2ccccc2s1. The van der Waals surface area contributed by atoms with Crippen molar-refractivity contribution in [3.05, 3.63) is 29.3 Å². The molecule has 0 bridgehead atoms. The van der Waals surface area contributed by atoms with E-state index >= 15 is 0 Å². The van der Waals surface area contributed by atoms with Crippen LogP contribution in [0, 0.1) is 0 Å². The molecule has 1 N–H and O–H groups in total. The number of carbonyl (C=O) groups excluding carboxylic acids is 1. The van der Waals surface area contributed by atoms with E-state index in [1.165, 1.54) is 11.3 Å². The first kappa shape index (κ1) is 12.6. The fraction of sp³-hybridized carbons (Fsp3) is 0.333. The third-order valence-corrected chi connectivity index (χ3v) is 5.86. The molecule has 1 fully saturated rings. The van der Waals surface area contributed by atoms with Crippen LogP contribution in [0.1, 0.15) is 16.2 Å². The van der Waals surface area contributed by atoms with Gasteiger partial charge in [-0.05, 0) is 18.6 Å². The van der Waals surface area contributed by atoms with Gasteiger partial charge in [-0.1, -0.05) is 12.1 Å². The molecule has 100 valence electrons. The number of carbonyl (C=O) groups is 1. The molecule has 1 saturated heterocycles. The molecule has 0 spiro atoms. The van der Waals surface area contributed by atoms with Crippen LogP contribution >= 0.6 is 11.3 Å². The van der Waals surface area contributed by atoms with Crippen LogP contribution in [0.2, 0.25) is 0 Å². The number of fused-ring (bicyclic) bond motifs is 1. The van der Waals surface area contributed by atoms with E-state index in [4.69, 9.17) is 0 Å². The molecule has 1 atom stereocenters. The Balaban J connectivity index is 1.77. The summed E-state index contributed by atoms with van der Waals surface area (Å²) in [7, 11) is -2.98. The number of sulfone groups is 1. The molecule has 1 unspecified atom stereocenters. The maximum Gasteiger partial charge on any atom is 0.280 e. The van der Waals surface area contributed by atoms with Gasteiger partial charge in [0, 0.05) is 6.04 Å². The highest BCUT2D eigenvalue weighted by molar-refractivity contribution is 7.91. The minimum atomic E-state index is -2.98. The van der Waals surface area contributed by atoms with Gasteiger partial charge in [-0.25, -0.2) is 13.4 Å². The van der Waals surface area contributed by atoms with E-state index in [1.807, 2.05) is 24.3 Å². The van der Waals surface area contributed by atoms with Crippen LogP contribution in [-0.2, 0) is 9.84 Å². The van der Waals surface area contributed by atoms with Crippen molar-refractivity contribution in [2.75, 3.05) is 11.5 Å². The molecule has 1 aromatic heterocycles. The van der Waals surface area contributed by atoms with Crippen LogP contribution in [0.25, 0.3) is 10.2 Å². The van der Waals surface area contributed by atoms with Crippen LogP contribution < -0.4 is 5.32 Å². The highest BCUT2D eigenvalue weighted by Gasteiger charge is 2.29. The molecular formula is C12H12N2O3S2. The second-order valence-corrected chi connectivity index (χ2v) is 7.82. The number of benzene rings is 1. The number of rotatable bonds is 2. The number of para-hydroxylation sites is 1. The van der Waals surface area contributed by atoms with Gasteiger partial charge < -0.3 is 5.32 Å².